The number of alkyl halides is 3. The monoisotopic (exact) mass is 502 g/mol. The van der Waals surface area contributed by atoms with Gasteiger partial charge in [-0.3, -0.25) is 0 Å². The van der Waals surface area contributed by atoms with E-state index < -0.39 is 11.7 Å². The highest BCUT2D eigenvalue weighted by molar-refractivity contribution is 5.90. The molecule has 0 bridgehead atoms. The molecule has 38 heavy (non-hydrogen) atoms. The van der Waals surface area contributed by atoms with Gasteiger partial charge in [0.25, 0.3) is 0 Å². The van der Waals surface area contributed by atoms with Gasteiger partial charge in [0, 0.05) is 0 Å². The standard InChI is InChI=1S/C35H25F3/c36-35(37,38)34-20-18-28(19-21-34)27-10-12-29(13-11-27)31-15-17-32-22-30(14-16-33(32)23-31)26-7-3-6-24-4-1-2-5-25(24)8-9-26/h1-2,4-6,8-23H,3,7H2/b24-6-,25-8-,26-9+. The Balaban J connectivity index is 1.25. The summed E-state index contributed by atoms with van der Waals surface area (Å²) in [6.45, 7) is 0. The van der Waals surface area contributed by atoms with Crippen LogP contribution in [-0.2, 0) is 6.18 Å². The molecule has 3 heteroatoms. The molecule has 0 N–H and O–H groups in total. The number of benzene rings is 5. The van der Waals surface area contributed by atoms with Gasteiger partial charge >= 0.3 is 6.18 Å². The van der Waals surface area contributed by atoms with Crippen molar-refractivity contribution in [1.82, 2.24) is 0 Å². The van der Waals surface area contributed by atoms with E-state index in [-0.39, 0.29) is 0 Å². The second-order valence-corrected chi connectivity index (χ2v) is 9.66. The zero-order valence-electron chi connectivity index (χ0n) is 20.7. The summed E-state index contributed by atoms with van der Waals surface area (Å²) < 4.78 is 38.6. The molecule has 0 fully saturated rings. The van der Waals surface area contributed by atoms with Gasteiger partial charge in [-0.05, 0) is 91.7 Å². The lowest BCUT2D eigenvalue weighted by Gasteiger charge is -2.11. The van der Waals surface area contributed by atoms with E-state index in [2.05, 4.69) is 78.9 Å². The second-order valence-electron chi connectivity index (χ2n) is 9.66. The summed E-state index contributed by atoms with van der Waals surface area (Å²) >= 11 is 0. The van der Waals surface area contributed by atoms with Crippen molar-refractivity contribution in [3.8, 4) is 22.3 Å². The highest BCUT2D eigenvalue weighted by Gasteiger charge is 2.29. The average Bonchev–Trinajstić information content (AvgIpc) is 2.93. The minimum atomic E-state index is -4.32. The van der Waals surface area contributed by atoms with Gasteiger partial charge in [0.05, 0.1) is 5.56 Å². The molecule has 5 aromatic rings. The van der Waals surface area contributed by atoms with Gasteiger partial charge in [-0.1, -0.05) is 103 Å². The molecular weight excluding hydrogens is 477 g/mol. The SMILES string of the molecule is FC(F)(F)c1ccc(-c2ccc(-c3ccc4cc(/C5=C/C=c6/cccc/c6=C/CC5)ccc4c3)cc2)cc1. The zero-order chi connectivity index (χ0) is 26.1. The maximum Gasteiger partial charge on any atom is 0.416 e. The maximum absolute atomic E-state index is 12.9. The van der Waals surface area contributed by atoms with E-state index in [4.69, 9.17) is 0 Å². The summed E-state index contributed by atoms with van der Waals surface area (Å²) in [6.07, 6.45) is 4.46. The van der Waals surface area contributed by atoms with Crippen LogP contribution in [0.15, 0.2) is 115 Å². The summed E-state index contributed by atoms with van der Waals surface area (Å²) in [5, 5.41) is 4.91. The number of halogens is 3. The number of hydrogen-bond donors (Lipinski definition) is 0. The molecule has 0 saturated carbocycles. The summed E-state index contributed by atoms with van der Waals surface area (Å²) in [7, 11) is 0. The Kier molecular flexibility index (Phi) is 6.21. The second kappa shape index (κ2) is 9.83. The van der Waals surface area contributed by atoms with E-state index >= 15 is 0 Å². The first kappa shape index (κ1) is 24.0. The Morgan fingerprint density at radius 3 is 1.68 bits per heavy atom. The first-order valence-corrected chi connectivity index (χ1v) is 12.7. The van der Waals surface area contributed by atoms with Gasteiger partial charge in [0.15, 0.2) is 0 Å². The zero-order valence-corrected chi connectivity index (χ0v) is 20.7. The van der Waals surface area contributed by atoms with Crippen molar-refractivity contribution >= 4 is 28.5 Å². The van der Waals surface area contributed by atoms with Crippen LogP contribution in [0.25, 0.3) is 50.8 Å². The molecule has 1 aliphatic carbocycles. The van der Waals surface area contributed by atoms with Crippen LogP contribution in [0.2, 0.25) is 0 Å². The molecule has 186 valence electrons. The van der Waals surface area contributed by atoms with Crippen molar-refractivity contribution in [2.24, 2.45) is 0 Å². The lowest BCUT2D eigenvalue weighted by molar-refractivity contribution is -0.137. The van der Waals surface area contributed by atoms with E-state index in [1.165, 1.54) is 44.5 Å². The van der Waals surface area contributed by atoms with Crippen molar-refractivity contribution in [1.29, 1.82) is 0 Å². The lowest BCUT2D eigenvalue weighted by atomic mass is 9.94. The van der Waals surface area contributed by atoms with E-state index in [1.54, 1.807) is 0 Å². The highest BCUT2D eigenvalue weighted by atomic mass is 19.4. The minimum absolute atomic E-state index is 0.634. The number of allylic oxidation sites excluding steroid dienone is 2. The molecule has 0 amide bonds. The first-order chi connectivity index (χ1) is 18.4. The molecule has 1 aliphatic rings. The molecule has 0 aliphatic heterocycles. The van der Waals surface area contributed by atoms with Gasteiger partial charge < -0.3 is 0 Å². The van der Waals surface area contributed by atoms with Crippen molar-refractivity contribution in [3.05, 3.63) is 137 Å². The van der Waals surface area contributed by atoms with Crippen LogP contribution in [-0.4, -0.2) is 0 Å². The van der Waals surface area contributed by atoms with Crippen LogP contribution >= 0.6 is 0 Å². The third-order valence-electron chi connectivity index (χ3n) is 7.21. The molecule has 5 aromatic carbocycles. The number of hydrogen-bond acceptors (Lipinski definition) is 0. The molecule has 0 atom stereocenters. The summed E-state index contributed by atoms with van der Waals surface area (Å²) in [6, 6.07) is 34.9. The topological polar surface area (TPSA) is 0 Å². The fraction of sp³-hybridized carbons (Fsp3) is 0.0857. The van der Waals surface area contributed by atoms with Gasteiger partial charge in [-0.25, -0.2) is 0 Å². The Bertz CT molecular complexity index is 1770. The minimum Gasteiger partial charge on any atom is -0.166 e. The van der Waals surface area contributed by atoms with Crippen LogP contribution in [0, 0.1) is 0 Å². The number of fused-ring (bicyclic) bond motifs is 2. The van der Waals surface area contributed by atoms with Crippen molar-refractivity contribution < 1.29 is 13.2 Å². The summed E-state index contributed by atoms with van der Waals surface area (Å²) in [5.74, 6) is 0. The fourth-order valence-corrected chi connectivity index (χ4v) is 5.08. The van der Waals surface area contributed by atoms with Gasteiger partial charge in [-0.15, -0.1) is 0 Å². The Labute approximate surface area is 219 Å². The van der Waals surface area contributed by atoms with Gasteiger partial charge in [0.2, 0.25) is 0 Å². The number of rotatable bonds is 3. The van der Waals surface area contributed by atoms with Gasteiger partial charge in [0.1, 0.15) is 0 Å². The predicted molar refractivity (Wildman–Crippen MR) is 152 cm³/mol. The van der Waals surface area contributed by atoms with E-state index in [0.29, 0.717) is 0 Å². The van der Waals surface area contributed by atoms with Crippen LogP contribution in [0.5, 0.6) is 0 Å². The van der Waals surface area contributed by atoms with Crippen molar-refractivity contribution in [2.45, 2.75) is 19.0 Å². The lowest BCUT2D eigenvalue weighted by Crippen LogP contribution is -2.23. The highest BCUT2D eigenvalue weighted by Crippen LogP contribution is 2.33. The molecule has 0 heterocycles. The smallest absolute Gasteiger partial charge is 0.166 e. The van der Waals surface area contributed by atoms with Crippen LogP contribution in [0.4, 0.5) is 13.2 Å². The van der Waals surface area contributed by atoms with Crippen LogP contribution in [0.3, 0.4) is 0 Å². The van der Waals surface area contributed by atoms with Crippen LogP contribution in [0.1, 0.15) is 24.0 Å². The molecule has 0 saturated heterocycles. The van der Waals surface area contributed by atoms with E-state index in [1.807, 2.05) is 24.3 Å². The van der Waals surface area contributed by atoms with Crippen molar-refractivity contribution in [3.63, 3.8) is 0 Å². The summed E-state index contributed by atoms with van der Waals surface area (Å²) in [5.41, 5.74) is 5.77. The molecule has 6 rings (SSSR count). The molecule has 0 unspecified atom stereocenters. The first-order valence-electron chi connectivity index (χ1n) is 12.7. The van der Waals surface area contributed by atoms with E-state index in [0.717, 1.165) is 47.2 Å². The third kappa shape index (κ3) is 4.92. The van der Waals surface area contributed by atoms with E-state index in [9.17, 15) is 13.2 Å². The molecule has 0 radical (unpaired) electrons. The van der Waals surface area contributed by atoms with Crippen molar-refractivity contribution in [2.75, 3.05) is 0 Å². The average molecular weight is 503 g/mol. The Morgan fingerprint density at radius 2 is 1.03 bits per heavy atom. The molecular formula is C35H25F3. The summed E-state index contributed by atoms with van der Waals surface area (Å²) in [4.78, 5) is 0. The molecule has 0 spiro atoms. The predicted octanol–water partition coefficient (Wildman–Crippen LogP) is 8.63. The molecule has 0 aromatic heterocycles. The van der Waals surface area contributed by atoms with Crippen LogP contribution < -0.4 is 10.4 Å². The Morgan fingerprint density at radius 1 is 0.500 bits per heavy atom. The largest absolute Gasteiger partial charge is 0.416 e. The fourth-order valence-electron chi connectivity index (χ4n) is 5.08. The Hall–Kier alpha value is -4.37. The van der Waals surface area contributed by atoms with Gasteiger partial charge in [-0.2, -0.15) is 13.2 Å². The molecule has 0 nitrogen and oxygen atoms in total. The normalized spacial score (nSPS) is 16.7. The quantitative estimate of drug-likeness (QED) is 0.232. The third-order valence-corrected chi connectivity index (χ3v) is 7.21. The maximum atomic E-state index is 12.9.